The second-order valence-electron chi connectivity index (χ2n) is 5.82. The van der Waals surface area contributed by atoms with E-state index in [1.807, 2.05) is 36.4 Å². The van der Waals surface area contributed by atoms with Crippen LogP contribution in [0.3, 0.4) is 0 Å². The Morgan fingerprint density at radius 1 is 1.17 bits per heavy atom. The van der Waals surface area contributed by atoms with E-state index in [1.165, 1.54) is 5.56 Å². The molecule has 2 aromatic rings. The number of aryl methyl sites for hydroxylation is 1. The largest absolute Gasteiger partial charge is 0.482 e. The third kappa shape index (κ3) is 3.40. The first-order valence-electron chi connectivity index (χ1n) is 7.98. The lowest BCUT2D eigenvalue weighted by molar-refractivity contribution is -0.121. The zero-order chi connectivity index (χ0) is 17.1. The summed E-state index contributed by atoms with van der Waals surface area (Å²) >= 11 is 0. The molecule has 0 spiro atoms. The lowest BCUT2D eigenvalue weighted by Gasteiger charge is -2.26. The Bertz CT molecular complexity index is 769. The highest BCUT2D eigenvalue weighted by Crippen LogP contribution is 2.32. The third-order valence-corrected chi connectivity index (χ3v) is 4.12. The molecule has 0 radical (unpaired) electrons. The second-order valence-corrected chi connectivity index (χ2v) is 5.82. The number of rotatable bonds is 4. The highest BCUT2D eigenvalue weighted by molar-refractivity contribution is 5.98. The summed E-state index contributed by atoms with van der Waals surface area (Å²) in [5, 5.41) is 2.89. The SMILES string of the molecule is CCc1ccc(NC(=O)Cc2ccc3c(c2)N(C)C(=O)CO3)cc1. The summed E-state index contributed by atoms with van der Waals surface area (Å²) in [6.45, 7) is 2.15. The Balaban J connectivity index is 1.69. The van der Waals surface area contributed by atoms with Gasteiger partial charge in [0.05, 0.1) is 12.1 Å². The van der Waals surface area contributed by atoms with Crippen molar-refractivity contribution in [3.63, 3.8) is 0 Å². The fourth-order valence-electron chi connectivity index (χ4n) is 2.64. The Kier molecular flexibility index (Phi) is 4.51. The zero-order valence-corrected chi connectivity index (χ0v) is 13.8. The molecule has 0 aliphatic carbocycles. The fourth-order valence-corrected chi connectivity index (χ4v) is 2.64. The quantitative estimate of drug-likeness (QED) is 0.941. The van der Waals surface area contributed by atoms with Gasteiger partial charge < -0.3 is 15.0 Å². The molecule has 0 fully saturated rings. The maximum absolute atomic E-state index is 12.2. The van der Waals surface area contributed by atoms with E-state index >= 15 is 0 Å². The molecule has 0 unspecified atom stereocenters. The van der Waals surface area contributed by atoms with E-state index in [0.717, 1.165) is 17.7 Å². The van der Waals surface area contributed by atoms with E-state index in [0.29, 0.717) is 11.4 Å². The Morgan fingerprint density at radius 3 is 2.58 bits per heavy atom. The number of carbonyl (C=O) groups is 2. The predicted molar refractivity (Wildman–Crippen MR) is 93.5 cm³/mol. The molecule has 2 amide bonds. The fraction of sp³-hybridized carbons (Fsp3) is 0.263. The van der Waals surface area contributed by atoms with Gasteiger partial charge in [-0.15, -0.1) is 0 Å². The molecule has 0 bridgehead atoms. The molecule has 0 saturated carbocycles. The van der Waals surface area contributed by atoms with E-state index in [4.69, 9.17) is 4.74 Å². The Labute approximate surface area is 141 Å². The van der Waals surface area contributed by atoms with Crippen molar-refractivity contribution in [1.82, 2.24) is 0 Å². The number of nitrogens with zero attached hydrogens (tertiary/aromatic N) is 1. The van der Waals surface area contributed by atoms with Crippen molar-refractivity contribution in [3.05, 3.63) is 53.6 Å². The summed E-state index contributed by atoms with van der Waals surface area (Å²) in [4.78, 5) is 25.5. The summed E-state index contributed by atoms with van der Waals surface area (Å²) in [5.41, 5.74) is 3.55. The number of ether oxygens (including phenoxy) is 1. The van der Waals surface area contributed by atoms with Crippen LogP contribution in [0.1, 0.15) is 18.1 Å². The topological polar surface area (TPSA) is 58.6 Å². The maximum Gasteiger partial charge on any atom is 0.264 e. The number of amides is 2. The van der Waals surface area contributed by atoms with Crippen LogP contribution in [-0.2, 0) is 22.4 Å². The molecule has 0 aromatic heterocycles. The molecule has 1 heterocycles. The summed E-state index contributed by atoms with van der Waals surface area (Å²) < 4.78 is 5.39. The second kappa shape index (κ2) is 6.74. The van der Waals surface area contributed by atoms with E-state index in [-0.39, 0.29) is 24.8 Å². The van der Waals surface area contributed by atoms with Crippen molar-refractivity contribution < 1.29 is 14.3 Å². The number of likely N-dealkylation sites (N-methyl/N-ethyl adjacent to an activating group) is 1. The summed E-state index contributed by atoms with van der Waals surface area (Å²) in [5.74, 6) is 0.474. The molecule has 3 rings (SSSR count). The van der Waals surface area contributed by atoms with Crippen LogP contribution >= 0.6 is 0 Å². The number of hydrogen-bond donors (Lipinski definition) is 1. The van der Waals surface area contributed by atoms with Gasteiger partial charge in [0.2, 0.25) is 5.91 Å². The van der Waals surface area contributed by atoms with Gasteiger partial charge in [0.1, 0.15) is 5.75 Å². The zero-order valence-electron chi connectivity index (χ0n) is 13.8. The molecule has 1 aliphatic heterocycles. The van der Waals surface area contributed by atoms with Crippen LogP contribution in [0.15, 0.2) is 42.5 Å². The molecule has 1 aliphatic rings. The average Bonchev–Trinajstić information content (AvgIpc) is 2.59. The van der Waals surface area contributed by atoms with Crippen molar-refractivity contribution in [2.75, 3.05) is 23.9 Å². The van der Waals surface area contributed by atoms with Gasteiger partial charge in [0.25, 0.3) is 5.91 Å². The van der Waals surface area contributed by atoms with Gasteiger partial charge in [0.15, 0.2) is 6.61 Å². The molecule has 24 heavy (non-hydrogen) atoms. The van der Waals surface area contributed by atoms with Crippen molar-refractivity contribution in [1.29, 1.82) is 0 Å². The molecular weight excluding hydrogens is 304 g/mol. The van der Waals surface area contributed by atoms with Crippen LogP contribution in [0.5, 0.6) is 5.75 Å². The number of hydrogen-bond acceptors (Lipinski definition) is 3. The maximum atomic E-state index is 12.2. The normalized spacial score (nSPS) is 13.2. The van der Waals surface area contributed by atoms with Crippen molar-refractivity contribution in [3.8, 4) is 5.75 Å². The van der Waals surface area contributed by atoms with Gasteiger partial charge in [-0.2, -0.15) is 0 Å². The first-order valence-corrected chi connectivity index (χ1v) is 7.98. The number of anilines is 2. The van der Waals surface area contributed by atoms with E-state index < -0.39 is 0 Å². The van der Waals surface area contributed by atoms with Crippen molar-refractivity contribution >= 4 is 23.2 Å². The van der Waals surface area contributed by atoms with Gasteiger partial charge in [-0.05, 0) is 41.8 Å². The minimum Gasteiger partial charge on any atom is -0.482 e. The van der Waals surface area contributed by atoms with E-state index in [2.05, 4.69) is 12.2 Å². The standard InChI is InChI=1S/C19H20N2O3/c1-3-13-4-7-15(8-5-13)20-18(22)11-14-6-9-17-16(10-14)21(2)19(23)12-24-17/h4-10H,3,11-12H2,1-2H3,(H,20,22). The summed E-state index contributed by atoms with van der Waals surface area (Å²) in [7, 11) is 1.71. The van der Waals surface area contributed by atoms with E-state index in [9.17, 15) is 9.59 Å². The number of carbonyl (C=O) groups excluding carboxylic acids is 2. The highest BCUT2D eigenvalue weighted by atomic mass is 16.5. The van der Waals surface area contributed by atoms with Gasteiger partial charge in [-0.25, -0.2) is 0 Å². The number of nitrogens with one attached hydrogen (secondary N) is 1. The van der Waals surface area contributed by atoms with Crippen molar-refractivity contribution in [2.24, 2.45) is 0 Å². The molecule has 2 aromatic carbocycles. The summed E-state index contributed by atoms with van der Waals surface area (Å²) in [6.07, 6.45) is 1.21. The van der Waals surface area contributed by atoms with Gasteiger partial charge in [-0.3, -0.25) is 9.59 Å². The van der Waals surface area contributed by atoms with Crippen LogP contribution in [0.2, 0.25) is 0 Å². The number of fused-ring (bicyclic) bond motifs is 1. The van der Waals surface area contributed by atoms with Crippen LogP contribution in [0, 0.1) is 0 Å². The molecule has 124 valence electrons. The lowest BCUT2D eigenvalue weighted by atomic mass is 10.1. The van der Waals surface area contributed by atoms with E-state index in [1.54, 1.807) is 18.0 Å². The lowest BCUT2D eigenvalue weighted by Crippen LogP contribution is -2.35. The minimum absolute atomic E-state index is 0.0527. The monoisotopic (exact) mass is 324 g/mol. The smallest absolute Gasteiger partial charge is 0.264 e. The minimum atomic E-state index is -0.0971. The third-order valence-electron chi connectivity index (χ3n) is 4.12. The predicted octanol–water partition coefficient (Wildman–Crippen LogP) is 2.79. The van der Waals surface area contributed by atoms with Gasteiger partial charge in [0, 0.05) is 12.7 Å². The van der Waals surface area contributed by atoms with Crippen molar-refractivity contribution in [2.45, 2.75) is 19.8 Å². The molecule has 0 atom stereocenters. The first-order chi connectivity index (χ1) is 11.6. The Morgan fingerprint density at radius 2 is 1.88 bits per heavy atom. The molecule has 5 heteroatoms. The summed E-state index contributed by atoms with van der Waals surface area (Å²) in [6, 6.07) is 13.3. The Hall–Kier alpha value is -2.82. The highest BCUT2D eigenvalue weighted by Gasteiger charge is 2.22. The van der Waals surface area contributed by atoms with Gasteiger partial charge in [-0.1, -0.05) is 25.1 Å². The molecular formula is C19H20N2O3. The molecule has 1 N–H and O–H groups in total. The van der Waals surface area contributed by atoms with Crippen LogP contribution < -0.4 is 15.0 Å². The number of benzene rings is 2. The molecule has 5 nitrogen and oxygen atoms in total. The molecule has 0 saturated heterocycles. The van der Waals surface area contributed by atoms with Gasteiger partial charge >= 0.3 is 0 Å². The van der Waals surface area contributed by atoms with Crippen LogP contribution in [0.4, 0.5) is 11.4 Å². The van der Waals surface area contributed by atoms with Crippen LogP contribution in [0.25, 0.3) is 0 Å². The first kappa shape index (κ1) is 16.1. The van der Waals surface area contributed by atoms with Crippen LogP contribution in [-0.4, -0.2) is 25.5 Å². The average molecular weight is 324 g/mol.